The van der Waals surface area contributed by atoms with Crippen molar-refractivity contribution in [3.63, 3.8) is 0 Å². The summed E-state index contributed by atoms with van der Waals surface area (Å²) in [5.41, 5.74) is 7.11. The molecule has 0 aliphatic rings. The molecule has 3 aromatic rings. The lowest BCUT2D eigenvalue weighted by Crippen LogP contribution is -2.17. The van der Waals surface area contributed by atoms with E-state index in [1.165, 1.54) is 0 Å². The number of nitrogens with zero attached hydrogens (tertiary/aromatic N) is 2. The van der Waals surface area contributed by atoms with Gasteiger partial charge in [0.1, 0.15) is 11.5 Å². The van der Waals surface area contributed by atoms with Crippen LogP contribution in [-0.2, 0) is 0 Å². The van der Waals surface area contributed by atoms with Crippen LogP contribution in [0.15, 0.2) is 59.7 Å². The van der Waals surface area contributed by atoms with Crippen LogP contribution in [0.2, 0.25) is 0 Å². The Balaban J connectivity index is 1.70. The van der Waals surface area contributed by atoms with Crippen molar-refractivity contribution in [1.29, 1.82) is 0 Å². The Hall–Kier alpha value is -3.54. The molecule has 0 saturated heterocycles. The molecule has 0 unspecified atom stereocenters. The quantitative estimate of drug-likeness (QED) is 0.483. The highest BCUT2D eigenvalue weighted by Crippen LogP contribution is 2.22. The number of ether oxygens (including phenoxy) is 2. The number of methoxy groups -OCH3 is 1. The fourth-order valence-electron chi connectivity index (χ4n) is 3.13. The lowest BCUT2D eigenvalue weighted by atomic mass is 10.2. The molecule has 2 aromatic carbocycles. The summed E-state index contributed by atoms with van der Waals surface area (Å²) in [4.78, 5) is 12.4. The maximum atomic E-state index is 12.4. The lowest BCUT2D eigenvalue weighted by Gasteiger charge is -2.10. The van der Waals surface area contributed by atoms with Crippen LogP contribution in [-0.4, -0.2) is 30.4 Å². The summed E-state index contributed by atoms with van der Waals surface area (Å²) in [6.45, 7) is 6.59. The second-order valence-corrected chi connectivity index (χ2v) is 6.53. The van der Waals surface area contributed by atoms with Crippen molar-refractivity contribution >= 4 is 12.1 Å². The first-order chi connectivity index (χ1) is 14.0. The molecule has 3 rings (SSSR count). The average Bonchev–Trinajstić information content (AvgIpc) is 3.06. The molecular formula is C23H25N3O3. The molecule has 0 spiro atoms. The molecule has 0 atom stereocenters. The van der Waals surface area contributed by atoms with Crippen molar-refractivity contribution in [3.8, 4) is 17.2 Å². The van der Waals surface area contributed by atoms with Gasteiger partial charge in [-0.25, -0.2) is 5.43 Å². The first kappa shape index (κ1) is 20.2. The molecule has 0 saturated carbocycles. The van der Waals surface area contributed by atoms with E-state index in [4.69, 9.17) is 9.47 Å². The molecule has 1 amide bonds. The Labute approximate surface area is 170 Å². The highest BCUT2D eigenvalue weighted by molar-refractivity contribution is 5.95. The number of carbonyl (C=O) groups is 1. The second kappa shape index (κ2) is 9.10. The maximum Gasteiger partial charge on any atom is 0.271 e. The van der Waals surface area contributed by atoms with Crippen LogP contribution in [0, 0.1) is 13.8 Å². The minimum atomic E-state index is -0.284. The number of aryl methyl sites for hydroxylation is 2. The van der Waals surface area contributed by atoms with Crippen molar-refractivity contribution in [3.05, 3.63) is 77.1 Å². The van der Waals surface area contributed by atoms with E-state index in [0.29, 0.717) is 29.2 Å². The highest BCUT2D eigenvalue weighted by Gasteiger charge is 2.08. The van der Waals surface area contributed by atoms with E-state index >= 15 is 0 Å². The van der Waals surface area contributed by atoms with Gasteiger partial charge in [-0.15, -0.1) is 0 Å². The number of benzene rings is 2. The van der Waals surface area contributed by atoms with E-state index in [2.05, 4.69) is 41.1 Å². The van der Waals surface area contributed by atoms with E-state index in [0.717, 1.165) is 17.1 Å². The molecule has 0 aliphatic carbocycles. The van der Waals surface area contributed by atoms with Crippen molar-refractivity contribution in [2.24, 2.45) is 5.10 Å². The zero-order valence-corrected chi connectivity index (χ0v) is 17.1. The molecule has 0 aliphatic heterocycles. The number of aromatic nitrogens is 1. The summed E-state index contributed by atoms with van der Waals surface area (Å²) < 4.78 is 13.0. The van der Waals surface area contributed by atoms with Gasteiger partial charge in [-0.2, -0.15) is 5.10 Å². The Morgan fingerprint density at radius 2 is 1.76 bits per heavy atom. The molecular weight excluding hydrogens is 366 g/mol. The van der Waals surface area contributed by atoms with Crippen LogP contribution in [0.4, 0.5) is 0 Å². The number of amides is 1. The summed E-state index contributed by atoms with van der Waals surface area (Å²) in [5.74, 6) is 1.08. The van der Waals surface area contributed by atoms with Crippen LogP contribution in [0.5, 0.6) is 11.5 Å². The fraction of sp³-hybridized carbons (Fsp3) is 0.217. The topological polar surface area (TPSA) is 64.8 Å². The normalized spacial score (nSPS) is 10.9. The third-order valence-electron chi connectivity index (χ3n) is 4.54. The van der Waals surface area contributed by atoms with Gasteiger partial charge in [-0.3, -0.25) is 4.79 Å². The first-order valence-electron chi connectivity index (χ1n) is 9.43. The minimum absolute atomic E-state index is 0.284. The van der Waals surface area contributed by atoms with Crippen molar-refractivity contribution < 1.29 is 14.3 Å². The molecule has 1 N–H and O–H groups in total. The molecule has 0 fully saturated rings. The minimum Gasteiger partial charge on any atom is -0.496 e. The number of nitrogens with one attached hydrogen (secondary N) is 1. The molecule has 150 valence electrons. The molecule has 29 heavy (non-hydrogen) atoms. The average molecular weight is 391 g/mol. The summed E-state index contributed by atoms with van der Waals surface area (Å²) in [7, 11) is 1.58. The van der Waals surface area contributed by atoms with Crippen LogP contribution >= 0.6 is 0 Å². The van der Waals surface area contributed by atoms with E-state index in [1.807, 2.05) is 31.2 Å². The predicted molar refractivity (Wildman–Crippen MR) is 114 cm³/mol. The van der Waals surface area contributed by atoms with Crippen LogP contribution in [0.25, 0.3) is 5.69 Å². The van der Waals surface area contributed by atoms with Gasteiger partial charge < -0.3 is 14.0 Å². The molecule has 0 bridgehead atoms. The van der Waals surface area contributed by atoms with Crippen molar-refractivity contribution in [2.75, 3.05) is 13.7 Å². The molecule has 1 aromatic heterocycles. The van der Waals surface area contributed by atoms with E-state index in [9.17, 15) is 4.79 Å². The van der Waals surface area contributed by atoms with Crippen LogP contribution < -0.4 is 14.9 Å². The van der Waals surface area contributed by atoms with Crippen molar-refractivity contribution in [2.45, 2.75) is 20.8 Å². The lowest BCUT2D eigenvalue weighted by molar-refractivity contribution is 0.0955. The summed E-state index contributed by atoms with van der Waals surface area (Å²) >= 11 is 0. The molecule has 0 radical (unpaired) electrons. The number of carbonyl (C=O) groups excluding carboxylic acids is 1. The Bertz CT molecular complexity index is 1000. The standard InChI is InChI=1S/C23H25N3O3/c1-5-29-21-12-13-22(28-4)19(14-21)15-24-25-23(27)18-8-10-20(11-9-18)26-16(2)6-7-17(26)3/h6-15H,5H2,1-4H3,(H,25,27)/b24-15+. The largest absolute Gasteiger partial charge is 0.496 e. The maximum absolute atomic E-state index is 12.4. The van der Waals surface area contributed by atoms with Gasteiger partial charge >= 0.3 is 0 Å². The Morgan fingerprint density at radius 3 is 2.38 bits per heavy atom. The number of hydrogen-bond acceptors (Lipinski definition) is 4. The van der Waals surface area contributed by atoms with E-state index in [1.54, 1.807) is 31.5 Å². The van der Waals surface area contributed by atoms with Gasteiger partial charge in [-0.05, 0) is 75.4 Å². The highest BCUT2D eigenvalue weighted by atomic mass is 16.5. The van der Waals surface area contributed by atoms with Crippen LogP contribution in [0.1, 0.15) is 34.2 Å². The van der Waals surface area contributed by atoms with Gasteiger partial charge in [0, 0.05) is 28.2 Å². The number of rotatable bonds is 7. The third kappa shape index (κ3) is 4.66. The Kier molecular flexibility index (Phi) is 6.34. The van der Waals surface area contributed by atoms with Crippen LogP contribution in [0.3, 0.4) is 0 Å². The van der Waals surface area contributed by atoms with E-state index in [-0.39, 0.29) is 5.91 Å². The molecule has 6 nitrogen and oxygen atoms in total. The fourth-order valence-corrected chi connectivity index (χ4v) is 3.13. The SMILES string of the molecule is CCOc1ccc(OC)c(/C=N/NC(=O)c2ccc(-n3c(C)ccc3C)cc2)c1. The van der Waals surface area contributed by atoms with Gasteiger partial charge in [-0.1, -0.05) is 0 Å². The second-order valence-electron chi connectivity index (χ2n) is 6.53. The van der Waals surface area contributed by atoms with Gasteiger partial charge in [0.05, 0.1) is 19.9 Å². The van der Waals surface area contributed by atoms with Crippen molar-refractivity contribution in [1.82, 2.24) is 9.99 Å². The smallest absolute Gasteiger partial charge is 0.271 e. The molecule has 6 heteroatoms. The zero-order valence-electron chi connectivity index (χ0n) is 17.1. The number of hydrogen-bond donors (Lipinski definition) is 1. The summed E-state index contributed by atoms with van der Waals surface area (Å²) in [6, 6.07) is 17.0. The summed E-state index contributed by atoms with van der Waals surface area (Å²) in [6.07, 6.45) is 1.54. The molecule has 1 heterocycles. The zero-order chi connectivity index (χ0) is 20.8. The Morgan fingerprint density at radius 1 is 1.07 bits per heavy atom. The third-order valence-corrected chi connectivity index (χ3v) is 4.54. The van der Waals surface area contributed by atoms with Gasteiger partial charge in [0.25, 0.3) is 5.91 Å². The monoisotopic (exact) mass is 391 g/mol. The summed E-state index contributed by atoms with van der Waals surface area (Å²) in [5, 5.41) is 4.06. The van der Waals surface area contributed by atoms with Gasteiger partial charge in [0.15, 0.2) is 0 Å². The first-order valence-corrected chi connectivity index (χ1v) is 9.43. The predicted octanol–water partition coefficient (Wildman–Crippen LogP) is 4.27. The number of hydrazone groups is 1. The van der Waals surface area contributed by atoms with Gasteiger partial charge in [0.2, 0.25) is 0 Å². The van der Waals surface area contributed by atoms with E-state index < -0.39 is 0 Å².